The number of nitrogens with one attached hydrogen (secondary N) is 2. The molecule has 0 radical (unpaired) electrons. The number of halogens is 1. The maximum Gasteiger partial charge on any atom is 0.276 e. The number of aliphatic hydroxyl groups is 1. The van der Waals surface area contributed by atoms with Crippen molar-refractivity contribution in [3.63, 3.8) is 0 Å². The zero-order chi connectivity index (χ0) is 22.3. The molecule has 3 rings (SSSR count). The Bertz CT molecular complexity index is 1220. The monoisotopic (exact) mass is 432 g/mol. The first kappa shape index (κ1) is 21.3. The summed E-state index contributed by atoms with van der Waals surface area (Å²) < 4.78 is 48.3. The molecule has 0 bridgehead atoms. The number of rotatable bonds is 3. The third-order valence-corrected chi connectivity index (χ3v) is 6.20. The molecule has 0 saturated heterocycles. The van der Waals surface area contributed by atoms with E-state index in [0.717, 1.165) is 12.1 Å². The van der Waals surface area contributed by atoms with Crippen molar-refractivity contribution in [2.45, 2.75) is 23.5 Å². The molecule has 0 aliphatic carbocycles. The number of nitrogens with zero attached hydrogens (tertiary/aromatic N) is 2. The highest BCUT2D eigenvalue weighted by atomic mass is 32.2. The smallest absolute Gasteiger partial charge is 0.276 e. The summed E-state index contributed by atoms with van der Waals surface area (Å²) in [4.78, 5) is 12.5. The van der Waals surface area contributed by atoms with Gasteiger partial charge >= 0.3 is 0 Å². The van der Waals surface area contributed by atoms with Gasteiger partial charge in [0.15, 0.2) is 11.4 Å². The zero-order valence-electron chi connectivity index (χ0n) is 15.9. The van der Waals surface area contributed by atoms with Crippen molar-refractivity contribution >= 4 is 21.6 Å². The van der Waals surface area contributed by atoms with Gasteiger partial charge in [-0.2, -0.15) is 9.98 Å². The summed E-state index contributed by atoms with van der Waals surface area (Å²) in [6.45, 7) is 1.03. The lowest BCUT2D eigenvalue weighted by Crippen LogP contribution is -2.56. The Kier molecular flexibility index (Phi) is 5.31. The number of anilines is 1. The van der Waals surface area contributed by atoms with Crippen LogP contribution in [0.15, 0.2) is 29.3 Å². The van der Waals surface area contributed by atoms with Crippen molar-refractivity contribution < 1.29 is 27.4 Å². The van der Waals surface area contributed by atoms with E-state index < -0.39 is 33.4 Å². The lowest BCUT2D eigenvalue weighted by molar-refractivity contribution is 0.0898. The number of aryl methyl sites for hydroxylation is 1. The molecule has 11 heteroatoms. The van der Waals surface area contributed by atoms with Crippen molar-refractivity contribution in [3.05, 3.63) is 41.5 Å². The predicted octanol–water partition coefficient (Wildman–Crippen LogP) is 0.712. The number of hydrogen-bond acceptors (Lipinski definition) is 6. The van der Waals surface area contributed by atoms with E-state index >= 15 is 0 Å². The molecule has 2 atom stereocenters. The van der Waals surface area contributed by atoms with E-state index in [1.807, 2.05) is 0 Å². The number of fused-ring (bicyclic) bond motifs is 1. The Morgan fingerprint density at radius 2 is 2.23 bits per heavy atom. The van der Waals surface area contributed by atoms with Crippen LogP contribution in [0, 0.1) is 29.5 Å². The molecule has 1 aliphatic rings. The third kappa shape index (κ3) is 3.62. The second-order valence-corrected chi connectivity index (χ2v) is 8.57. The molecule has 0 unspecified atom stereocenters. The molecule has 0 fully saturated rings. The molecule has 1 aliphatic heterocycles. The number of benzene rings is 1. The normalized spacial score (nSPS) is 20.6. The number of aliphatic hydroxyl groups excluding tert-OH is 1. The number of ether oxygens (including phenoxy) is 1. The molecule has 1 aromatic carbocycles. The third-order valence-electron chi connectivity index (χ3n) is 4.60. The zero-order valence-corrected chi connectivity index (χ0v) is 16.7. The molecule has 0 saturated carbocycles. The highest BCUT2D eigenvalue weighted by molar-refractivity contribution is 7.89. The van der Waals surface area contributed by atoms with Crippen LogP contribution in [0.3, 0.4) is 0 Å². The van der Waals surface area contributed by atoms with Crippen molar-refractivity contribution in [1.29, 1.82) is 5.26 Å². The van der Waals surface area contributed by atoms with Crippen molar-refractivity contribution in [3.8, 4) is 24.2 Å². The van der Waals surface area contributed by atoms with Crippen LogP contribution >= 0.6 is 0 Å². The molecule has 156 valence electrons. The van der Waals surface area contributed by atoms with Crippen LogP contribution in [0.2, 0.25) is 0 Å². The summed E-state index contributed by atoms with van der Waals surface area (Å²) in [5.41, 5.74) is -1.78. The first-order chi connectivity index (χ1) is 14.0. The highest BCUT2D eigenvalue weighted by Gasteiger charge is 2.43. The summed E-state index contributed by atoms with van der Waals surface area (Å²) in [6, 6.07) is 5.10. The van der Waals surface area contributed by atoms with E-state index in [-0.39, 0.29) is 34.2 Å². The van der Waals surface area contributed by atoms with Gasteiger partial charge in [0.05, 0.1) is 5.56 Å². The lowest BCUT2D eigenvalue weighted by atomic mass is 9.98. The number of amides is 1. The quantitative estimate of drug-likeness (QED) is 0.612. The second kappa shape index (κ2) is 7.46. The Hall–Kier alpha value is -3.38. The van der Waals surface area contributed by atoms with Gasteiger partial charge in [-0.05, 0) is 25.1 Å². The van der Waals surface area contributed by atoms with Gasteiger partial charge in [0.2, 0.25) is 10.0 Å². The minimum Gasteiger partial charge on any atom is -0.488 e. The van der Waals surface area contributed by atoms with Crippen LogP contribution in [-0.4, -0.2) is 42.2 Å². The highest BCUT2D eigenvalue weighted by Crippen LogP contribution is 2.35. The van der Waals surface area contributed by atoms with Crippen LogP contribution in [0.1, 0.15) is 23.0 Å². The topological polar surface area (TPSA) is 133 Å². The Morgan fingerprint density at radius 1 is 1.53 bits per heavy atom. The van der Waals surface area contributed by atoms with Gasteiger partial charge in [0.25, 0.3) is 5.91 Å². The van der Waals surface area contributed by atoms with E-state index in [1.165, 1.54) is 30.8 Å². The van der Waals surface area contributed by atoms with Gasteiger partial charge in [-0.3, -0.25) is 4.79 Å². The first-order valence-corrected chi connectivity index (χ1v) is 10.0. The maximum absolute atomic E-state index is 13.5. The largest absolute Gasteiger partial charge is 0.488 e. The number of carbonyl (C=O) groups is 1. The fourth-order valence-corrected chi connectivity index (χ4v) is 4.57. The molecule has 1 aromatic heterocycles. The van der Waals surface area contributed by atoms with Crippen molar-refractivity contribution in [2.24, 2.45) is 7.05 Å². The standard InChI is InChI=1S/C19H17FN4O5S/c1-4-15(25)19(2)10-29-17-14(30(27,28)23-19)9-24(3)16(17)18(26)22-12-5-6-13(20)11(7-12)8-21/h1,5-7,9,15,23,25H,10H2,2-3H3,(H,22,26)/t15-,19-/m0/s1. The van der Waals surface area contributed by atoms with Crippen LogP contribution < -0.4 is 14.8 Å². The summed E-state index contributed by atoms with van der Waals surface area (Å²) in [7, 11) is -2.74. The molecular formula is C19H17FN4O5S. The minimum absolute atomic E-state index is 0.127. The number of aromatic nitrogens is 1. The van der Waals surface area contributed by atoms with Crippen molar-refractivity contribution in [2.75, 3.05) is 11.9 Å². The molecular weight excluding hydrogens is 415 g/mol. The van der Waals surface area contributed by atoms with Gasteiger partial charge in [-0.15, -0.1) is 6.42 Å². The SMILES string of the molecule is C#C[C@H](O)[C@]1(C)COc2c(cn(C)c2C(=O)Nc2ccc(F)c(C#N)c2)S(=O)(=O)N1. The molecule has 0 spiro atoms. The number of terminal acetylenes is 1. The summed E-state index contributed by atoms with van der Waals surface area (Å²) >= 11 is 0. The molecule has 2 heterocycles. The number of nitriles is 1. The van der Waals surface area contributed by atoms with E-state index in [4.69, 9.17) is 16.4 Å². The summed E-state index contributed by atoms with van der Waals surface area (Å²) in [6.07, 6.45) is 4.93. The Morgan fingerprint density at radius 3 is 2.87 bits per heavy atom. The number of hydrogen-bond donors (Lipinski definition) is 3. The van der Waals surface area contributed by atoms with E-state index in [0.29, 0.717) is 0 Å². The Balaban J connectivity index is 2.01. The maximum atomic E-state index is 13.5. The van der Waals surface area contributed by atoms with E-state index in [9.17, 15) is 22.7 Å². The first-order valence-electron chi connectivity index (χ1n) is 8.53. The number of carbonyl (C=O) groups excluding carboxylic acids is 1. The predicted molar refractivity (Wildman–Crippen MR) is 104 cm³/mol. The molecule has 9 nitrogen and oxygen atoms in total. The van der Waals surface area contributed by atoms with Gasteiger partial charge in [-0.25, -0.2) is 12.8 Å². The molecule has 3 N–H and O–H groups in total. The van der Waals surface area contributed by atoms with Crippen LogP contribution in [0.4, 0.5) is 10.1 Å². The van der Waals surface area contributed by atoms with Crippen LogP contribution in [0.25, 0.3) is 0 Å². The van der Waals surface area contributed by atoms with Crippen LogP contribution in [0.5, 0.6) is 5.75 Å². The van der Waals surface area contributed by atoms with Gasteiger partial charge in [-0.1, -0.05) is 5.92 Å². The Labute approximate surface area is 172 Å². The average molecular weight is 432 g/mol. The average Bonchev–Trinajstić information content (AvgIpc) is 2.99. The fraction of sp³-hybridized carbons (Fsp3) is 0.263. The van der Waals surface area contributed by atoms with Gasteiger partial charge in [0.1, 0.15) is 35.0 Å². The van der Waals surface area contributed by atoms with E-state index in [1.54, 1.807) is 6.07 Å². The molecule has 30 heavy (non-hydrogen) atoms. The van der Waals surface area contributed by atoms with Gasteiger partial charge in [0, 0.05) is 18.9 Å². The molecule has 2 aromatic rings. The fourth-order valence-electron chi connectivity index (χ4n) is 2.98. The van der Waals surface area contributed by atoms with E-state index in [2.05, 4.69) is 16.0 Å². The second-order valence-electron chi connectivity index (χ2n) is 6.92. The number of sulfonamides is 1. The lowest BCUT2D eigenvalue weighted by Gasteiger charge is -2.29. The van der Waals surface area contributed by atoms with Crippen LogP contribution in [-0.2, 0) is 17.1 Å². The summed E-state index contributed by atoms with van der Waals surface area (Å²) in [5.74, 6) is 0.354. The van der Waals surface area contributed by atoms with Gasteiger partial charge < -0.3 is 19.7 Å². The van der Waals surface area contributed by atoms with Crippen molar-refractivity contribution in [1.82, 2.24) is 9.29 Å². The minimum atomic E-state index is -4.19. The summed E-state index contributed by atoms with van der Waals surface area (Å²) in [5, 5.41) is 21.4. The molecule has 1 amide bonds.